The molecule has 1 N–H and O–H groups in total. The van der Waals surface area contributed by atoms with Gasteiger partial charge < -0.3 is 15.1 Å². The van der Waals surface area contributed by atoms with Gasteiger partial charge in [0.25, 0.3) is 0 Å². The molecule has 2 aliphatic rings. The van der Waals surface area contributed by atoms with Crippen LogP contribution >= 0.6 is 11.3 Å². The molecule has 1 aliphatic heterocycles. The second-order valence-corrected chi connectivity index (χ2v) is 10.4. The summed E-state index contributed by atoms with van der Waals surface area (Å²) in [6, 6.07) is 0.0723. The number of carbonyl (C=O) groups is 1. The van der Waals surface area contributed by atoms with Crippen LogP contribution in [0.4, 0.5) is 10.6 Å². The van der Waals surface area contributed by atoms with Crippen LogP contribution in [0.3, 0.4) is 0 Å². The van der Waals surface area contributed by atoms with Crippen LogP contribution in [0.25, 0.3) is 10.2 Å². The molecule has 2 aromatic heterocycles. The predicted molar refractivity (Wildman–Crippen MR) is 129 cm³/mol. The SMILES string of the molecule is CCCCNC(=O)N1CCN(c2nc([C@@H](C)CC)nc3sc4c(c23)CC[C@H](C)C4)CC1. The maximum absolute atomic E-state index is 12.5. The van der Waals surface area contributed by atoms with Gasteiger partial charge in [-0.1, -0.05) is 34.1 Å². The normalized spacial score (nSPS) is 20.1. The number of rotatable bonds is 6. The first-order chi connectivity index (χ1) is 15.0. The van der Waals surface area contributed by atoms with Crippen molar-refractivity contribution in [1.29, 1.82) is 0 Å². The molecular weight excluding hydrogens is 406 g/mol. The van der Waals surface area contributed by atoms with E-state index in [-0.39, 0.29) is 6.03 Å². The molecular formula is C24H37N5OS. The van der Waals surface area contributed by atoms with Crippen LogP contribution in [0, 0.1) is 5.92 Å². The van der Waals surface area contributed by atoms with E-state index in [1.54, 1.807) is 0 Å². The monoisotopic (exact) mass is 443 g/mol. The predicted octanol–water partition coefficient (Wildman–Crippen LogP) is 4.96. The van der Waals surface area contributed by atoms with Crippen LogP contribution < -0.4 is 10.2 Å². The van der Waals surface area contributed by atoms with Crippen LogP contribution in [0.15, 0.2) is 0 Å². The highest BCUT2D eigenvalue weighted by Gasteiger charge is 2.29. The third-order valence-corrected chi connectivity index (χ3v) is 8.03. The molecule has 170 valence electrons. The molecule has 7 heteroatoms. The average molecular weight is 444 g/mol. The summed E-state index contributed by atoms with van der Waals surface area (Å²) >= 11 is 1.89. The zero-order chi connectivity index (χ0) is 22.0. The molecule has 0 unspecified atom stereocenters. The smallest absolute Gasteiger partial charge is 0.317 e. The van der Waals surface area contributed by atoms with E-state index in [0.717, 1.165) is 76.0 Å². The minimum Gasteiger partial charge on any atom is -0.352 e. The van der Waals surface area contributed by atoms with E-state index >= 15 is 0 Å². The van der Waals surface area contributed by atoms with Gasteiger partial charge in [-0.15, -0.1) is 11.3 Å². The van der Waals surface area contributed by atoms with Crippen LogP contribution in [0.5, 0.6) is 0 Å². The lowest BCUT2D eigenvalue weighted by Crippen LogP contribution is -2.52. The zero-order valence-electron chi connectivity index (χ0n) is 19.5. The highest BCUT2D eigenvalue weighted by Crippen LogP contribution is 2.41. The number of thiophene rings is 1. The minimum atomic E-state index is 0.0723. The number of fused-ring (bicyclic) bond motifs is 3. The van der Waals surface area contributed by atoms with Crippen LogP contribution in [0.2, 0.25) is 0 Å². The Labute approximate surface area is 190 Å². The third-order valence-electron chi connectivity index (χ3n) is 6.88. The summed E-state index contributed by atoms with van der Waals surface area (Å²) < 4.78 is 0. The van der Waals surface area contributed by atoms with E-state index in [1.165, 1.54) is 33.5 Å². The van der Waals surface area contributed by atoms with Gasteiger partial charge in [0.1, 0.15) is 16.5 Å². The molecule has 3 heterocycles. The van der Waals surface area contributed by atoms with Gasteiger partial charge in [-0.3, -0.25) is 0 Å². The molecule has 0 spiro atoms. The number of piperazine rings is 1. The number of nitrogens with one attached hydrogen (secondary N) is 1. The molecule has 0 saturated carbocycles. The first-order valence-electron chi connectivity index (χ1n) is 12.1. The Bertz CT molecular complexity index is 918. The number of hydrogen-bond donors (Lipinski definition) is 1. The molecule has 0 bridgehead atoms. The number of urea groups is 1. The largest absolute Gasteiger partial charge is 0.352 e. The second kappa shape index (κ2) is 9.72. The Morgan fingerprint density at radius 1 is 1.23 bits per heavy atom. The van der Waals surface area contributed by atoms with Crippen molar-refractivity contribution < 1.29 is 4.79 Å². The Morgan fingerprint density at radius 2 is 2.00 bits per heavy atom. The topological polar surface area (TPSA) is 61.4 Å². The van der Waals surface area contributed by atoms with Crippen molar-refractivity contribution in [3.8, 4) is 0 Å². The van der Waals surface area contributed by atoms with Crippen molar-refractivity contribution in [2.24, 2.45) is 5.92 Å². The molecule has 1 aliphatic carbocycles. The van der Waals surface area contributed by atoms with Crippen molar-refractivity contribution in [3.63, 3.8) is 0 Å². The maximum atomic E-state index is 12.5. The molecule has 0 radical (unpaired) electrons. The summed E-state index contributed by atoms with van der Waals surface area (Å²) in [6.45, 7) is 12.8. The van der Waals surface area contributed by atoms with Gasteiger partial charge in [-0.2, -0.15) is 0 Å². The first-order valence-corrected chi connectivity index (χ1v) is 12.9. The van der Waals surface area contributed by atoms with E-state index in [2.05, 4.69) is 37.9 Å². The molecule has 6 nitrogen and oxygen atoms in total. The first kappa shape index (κ1) is 22.3. The summed E-state index contributed by atoms with van der Waals surface area (Å²) in [5, 5.41) is 4.35. The number of unbranched alkanes of at least 4 members (excludes halogenated alkanes) is 1. The summed E-state index contributed by atoms with van der Waals surface area (Å²) in [5.41, 5.74) is 1.49. The van der Waals surface area contributed by atoms with Gasteiger partial charge in [0.05, 0.1) is 5.39 Å². The highest BCUT2D eigenvalue weighted by atomic mass is 32.1. The van der Waals surface area contributed by atoms with E-state index in [1.807, 2.05) is 16.2 Å². The van der Waals surface area contributed by atoms with Crippen LogP contribution in [-0.4, -0.2) is 53.6 Å². The molecule has 2 amide bonds. The van der Waals surface area contributed by atoms with Crippen molar-refractivity contribution in [2.45, 2.75) is 72.1 Å². The second-order valence-electron chi connectivity index (χ2n) is 9.31. The van der Waals surface area contributed by atoms with Gasteiger partial charge in [0, 0.05) is 43.5 Å². The summed E-state index contributed by atoms with van der Waals surface area (Å²) in [5.74, 6) is 3.18. The van der Waals surface area contributed by atoms with E-state index < -0.39 is 0 Å². The number of amides is 2. The van der Waals surface area contributed by atoms with E-state index in [4.69, 9.17) is 9.97 Å². The highest BCUT2D eigenvalue weighted by molar-refractivity contribution is 7.19. The fraction of sp³-hybridized carbons (Fsp3) is 0.708. The van der Waals surface area contributed by atoms with Gasteiger partial charge >= 0.3 is 6.03 Å². The van der Waals surface area contributed by atoms with Crippen molar-refractivity contribution >= 4 is 33.4 Å². The molecule has 1 fully saturated rings. The minimum absolute atomic E-state index is 0.0723. The Hall–Kier alpha value is -1.89. The Morgan fingerprint density at radius 3 is 2.71 bits per heavy atom. The Balaban J connectivity index is 1.60. The number of hydrogen-bond acceptors (Lipinski definition) is 5. The number of aromatic nitrogens is 2. The van der Waals surface area contributed by atoms with Crippen LogP contribution in [0.1, 0.15) is 75.6 Å². The molecule has 31 heavy (non-hydrogen) atoms. The average Bonchev–Trinajstić information content (AvgIpc) is 3.15. The number of nitrogens with zero attached hydrogens (tertiary/aromatic N) is 4. The molecule has 2 atom stereocenters. The summed E-state index contributed by atoms with van der Waals surface area (Å²) in [4.78, 5) is 29.6. The molecule has 2 aromatic rings. The maximum Gasteiger partial charge on any atom is 0.317 e. The lowest BCUT2D eigenvalue weighted by Gasteiger charge is -2.36. The third kappa shape index (κ3) is 4.66. The lowest BCUT2D eigenvalue weighted by molar-refractivity contribution is 0.194. The quantitative estimate of drug-likeness (QED) is 0.641. The molecule has 4 rings (SSSR count). The van der Waals surface area contributed by atoms with Crippen molar-refractivity contribution in [2.75, 3.05) is 37.6 Å². The number of carbonyl (C=O) groups excluding carboxylic acids is 1. The van der Waals surface area contributed by atoms with Gasteiger partial charge in [0.15, 0.2) is 0 Å². The van der Waals surface area contributed by atoms with Crippen molar-refractivity contribution in [1.82, 2.24) is 20.2 Å². The van der Waals surface area contributed by atoms with Gasteiger partial charge in [-0.05, 0) is 43.6 Å². The van der Waals surface area contributed by atoms with E-state index in [9.17, 15) is 4.79 Å². The number of aryl methyl sites for hydroxylation is 1. The van der Waals surface area contributed by atoms with Crippen LogP contribution in [-0.2, 0) is 12.8 Å². The summed E-state index contributed by atoms with van der Waals surface area (Å²) in [6.07, 6.45) is 6.72. The lowest BCUT2D eigenvalue weighted by atomic mass is 9.89. The fourth-order valence-corrected chi connectivity index (χ4v) is 5.96. The van der Waals surface area contributed by atoms with E-state index in [0.29, 0.717) is 5.92 Å². The van der Waals surface area contributed by atoms with Crippen molar-refractivity contribution in [3.05, 3.63) is 16.3 Å². The fourth-order valence-electron chi connectivity index (χ4n) is 4.58. The molecule has 1 saturated heterocycles. The number of anilines is 1. The molecule has 0 aromatic carbocycles. The summed E-state index contributed by atoms with van der Waals surface area (Å²) in [7, 11) is 0. The zero-order valence-corrected chi connectivity index (χ0v) is 20.4. The van der Waals surface area contributed by atoms with Gasteiger partial charge in [0.2, 0.25) is 0 Å². The van der Waals surface area contributed by atoms with Gasteiger partial charge in [-0.25, -0.2) is 14.8 Å². The standard InChI is InChI=1S/C24H37N5OS/c1-5-7-10-25-24(30)29-13-11-28(12-14-29)22-20-18-9-8-16(3)15-19(18)31-23(20)27-21(26-22)17(4)6-2/h16-17H,5-15H2,1-4H3,(H,25,30)/t16-,17-/m0/s1. The Kier molecular flexibility index (Phi) is 6.99.